The van der Waals surface area contributed by atoms with Crippen LogP contribution in [0.2, 0.25) is 0 Å². The van der Waals surface area contributed by atoms with E-state index in [1.165, 1.54) is 0 Å². The van der Waals surface area contributed by atoms with Crippen LogP contribution in [0.1, 0.15) is 16.8 Å². The molecule has 1 aromatic carbocycles. The predicted molar refractivity (Wildman–Crippen MR) is 83.9 cm³/mol. The lowest BCUT2D eigenvalue weighted by Gasteiger charge is -2.27. The molecule has 0 fully saturated rings. The van der Waals surface area contributed by atoms with E-state index >= 15 is 0 Å². The van der Waals surface area contributed by atoms with E-state index in [1.807, 2.05) is 12.1 Å². The average molecular weight is 335 g/mol. The summed E-state index contributed by atoms with van der Waals surface area (Å²) in [5.74, 6) is 0.215. The van der Waals surface area contributed by atoms with Crippen LogP contribution in [0.3, 0.4) is 0 Å². The summed E-state index contributed by atoms with van der Waals surface area (Å²) >= 11 is 0. The largest absolute Gasteiger partial charge is 0.508 e. The van der Waals surface area contributed by atoms with Gasteiger partial charge in [0, 0.05) is 32.3 Å². The van der Waals surface area contributed by atoms with Crippen molar-refractivity contribution in [3.05, 3.63) is 51.4 Å². The molecular weight excluding hydrogens is 318 g/mol. The van der Waals surface area contributed by atoms with Crippen molar-refractivity contribution in [1.82, 2.24) is 14.9 Å². The molecule has 122 valence electrons. The summed E-state index contributed by atoms with van der Waals surface area (Å²) < 4.78 is 23.1. The van der Waals surface area contributed by atoms with Crippen LogP contribution in [0.4, 0.5) is 0 Å². The molecule has 3 rings (SSSR count). The number of hydrogen-bond acceptors (Lipinski definition) is 6. The summed E-state index contributed by atoms with van der Waals surface area (Å²) in [4.78, 5) is 20.7. The van der Waals surface area contributed by atoms with Gasteiger partial charge >= 0.3 is 0 Å². The summed E-state index contributed by atoms with van der Waals surface area (Å²) in [6.45, 7) is 1.75. The second-order valence-electron chi connectivity index (χ2n) is 5.70. The molecule has 2 aromatic rings. The molecule has 0 radical (unpaired) electrons. The molecule has 0 saturated carbocycles. The van der Waals surface area contributed by atoms with Crippen molar-refractivity contribution in [1.29, 1.82) is 0 Å². The smallest absolute Gasteiger partial charge is 0.256 e. The maximum absolute atomic E-state index is 12.2. The standard InChI is InChI=1S/C15H17N3O4S/c1-23(21,22)15-16-13-6-7-18(9-12(13)14(20)17-15)8-10-2-4-11(19)5-3-10/h2-5,19H,6-9H2,1H3,(H,16,17,20). The number of aromatic nitrogens is 2. The van der Waals surface area contributed by atoms with E-state index in [0.29, 0.717) is 37.3 Å². The quantitative estimate of drug-likeness (QED) is 0.789. The van der Waals surface area contributed by atoms with Gasteiger partial charge in [0.15, 0.2) is 0 Å². The molecule has 7 nitrogen and oxygen atoms in total. The van der Waals surface area contributed by atoms with Crippen LogP contribution >= 0.6 is 0 Å². The molecule has 8 heteroatoms. The maximum Gasteiger partial charge on any atom is 0.256 e. The van der Waals surface area contributed by atoms with Crippen molar-refractivity contribution in [3.8, 4) is 5.75 Å². The summed E-state index contributed by atoms with van der Waals surface area (Å²) in [6, 6.07) is 6.92. The fourth-order valence-electron chi connectivity index (χ4n) is 2.63. The molecule has 1 aliphatic rings. The van der Waals surface area contributed by atoms with E-state index in [0.717, 1.165) is 11.8 Å². The van der Waals surface area contributed by atoms with Gasteiger partial charge in [-0.2, -0.15) is 0 Å². The molecule has 0 unspecified atom stereocenters. The Bertz CT molecular complexity index is 888. The van der Waals surface area contributed by atoms with Gasteiger partial charge in [-0.1, -0.05) is 12.1 Å². The number of hydrogen-bond donors (Lipinski definition) is 2. The van der Waals surface area contributed by atoms with E-state index in [1.54, 1.807) is 12.1 Å². The molecule has 0 aliphatic carbocycles. The van der Waals surface area contributed by atoms with E-state index in [-0.39, 0.29) is 10.9 Å². The summed E-state index contributed by atoms with van der Waals surface area (Å²) in [5, 5.41) is 9.03. The first-order chi connectivity index (χ1) is 10.8. The molecule has 0 atom stereocenters. The zero-order valence-corrected chi connectivity index (χ0v) is 13.4. The Hall–Kier alpha value is -2.19. The topological polar surface area (TPSA) is 103 Å². The lowest BCUT2D eigenvalue weighted by molar-refractivity contribution is 0.240. The Morgan fingerprint density at radius 1 is 1.30 bits per heavy atom. The number of fused-ring (bicyclic) bond motifs is 1. The molecule has 0 saturated heterocycles. The Labute approximate surface area is 133 Å². The fraction of sp³-hybridized carbons (Fsp3) is 0.333. The highest BCUT2D eigenvalue weighted by Gasteiger charge is 2.23. The lowest BCUT2D eigenvalue weighted by Crippen LogP contribution is -2.36. The minimum atomic E-state index is -3.53. The van der Waals surface area contributed by atoms with Crippen LogP contribution in [0.25, 0.3) is 0 Å². The maximum atomic E-state index is 12.2. The number of benzene rings is 1. The molecule has 1 aliphatic heterocycles. The van der Waals surface area contributed by atoms with Crippen molar-refractivity contribution in [2.24, 2.45) is 0 Å². The minimum Gasteiger partial charge on any atom is -0.508 e. The van der Waals surface area contributed by atoms with Gasteiger partial charge < -0.3 is 5.11 Å². The van der Waals surface area contributed by atoms with Gasteiger partial charge in [0.05, 0.1) is 11.3 Å². The van der Waals surface area contributed by atoms with Crippen molar-refractivity contribution in [2.75, 3.05) is 12.8 Å². The van der Waals surface area contributed by atoms with Gasteiger partial charge in [-0.3, -0.25) is 14.7 Å². The normalized spacial score (nSPS) is 15.3. The SMILES string of the molecule is CS(=O)(=O)c1nc2c(c(=O)[nH]1)CN(Cc1ccc(O)cc1)CC2. The number of aromatic hydroxyl groups is 1. The molecule has 0 spiro atoms. The highest BCUT2D eigenvalue weighted by molar-refractivity contribution is 7.90. The summed E-state index contributed by atoms with van der Waals surface area (Å²) in [6.07, 6.45) is 1.55. The van der Waals surface area contributed by atoms with Gasteiger partial charge in [-0.25, -0.2) is 13.4 Å². The molecular formula is C15H17N3O4S. The van der Waals surface area contributed by atoms with Crippen LogP contribution < -0.4 is 5.56 Å². The van der Waals surface area contributed by atoms with Gasteiger partial charge in [0.25, 0.3) is 5.56 Å². The first-order valence-electron chi connectivity index (χ1n) is 7.15. The van der Waals surface area contributed by atoms with Crippen LogP contribution in [-0.4, -0.2) is 41.2 Å². The van der Waals surface area contributed by atoms with Gasteiger partial charge in [-0.05, 0) is 17.7 Å². The highest BCUT2D eigenvalue weighted by atomic mass is 32.2. The zero-order chi connectivity index (χ0) is 16.6. The van der Waals surface area contributed by atoms with Crippen molar-refractivity contribution < 1.29 is 13.5 Å². The van der Waals surface area contributed by atoms with E-state index in [9.17, 15) is 18.3 Å². The third kappa shape index (κ3) is 3.43. The molecule has 0 amide bonds. The second kappa shape index (κ2) is 5.78. The summed E-state index contributed by atoms with van der Waals surface area (Å²) in [5.41, 5.74) is 1.70. The van der Waals surface area contributed by atoms with Crippen molar-refractivity contribution in [3.63, 3.8) is 0 Å². The number of aromatic amines is 1. The number of phenols is 1. The minimum absolute atomic E-state index is 0.215. The molecule has 23 heavy (non-hydrogen) atoms. The van der Waals surface area contributed by atoms with Crippen LogP contribution in [0, 0.1) is 0 Å². The van der Waals surface area contributed by atoms with E-state index in [4.69, 9.17) is 0 Å². The Balaban J connectivity index is 1.84. The Morgan fingerprint density at radius 3 is 2.65 bits per heavy atom. The first kappa shape index (κ1) is 15.7. The van der Waals surface area contributed by atoms with E-state index < -0.39 is 15.4 Å². The van der Waals surface area contributed by atoms with Gasteiger partial charge in [0.2, 0.25) is 15.0 Å². The predicted octanol–water partition coefficient (Wildman–Crippen LogP) is 0.437. The van der Waals surface area contributed by atoms with Gasteiger partial charge in [0.1, 0.15) is 5.75 Å². The average Bonchev–Trinajstić information content (AvgIpc) is 2.49. The third-order valence-corrected chi connectivity index (χ3v) is 4.72. The highest BCUT2D eigenvalue weighted by Crippen LogP contribution is 2.18. The zero-order valence-electron chi connectivity index (χ0n) is 12.6. The lowest BCUT2D eigenvalue weighted by atomic mass is 10.1. The Kier molecular flexibility index (Phi) is 3.95. The van der Waals surface area contributed by atoms with Crippen LogP contribution in [0.5, 0.6) is 5.75 Å². The van der Waals surface area contributed by atoms with Crippen LogP contribution in [-0.2, 0) is 29.3 Å². The third-order valence-electron chi connectivity index (χ3n) is 3.82. The molecule has 1 aromatic heterocycles. The number of H-pyrrole nitrogens is 1. The second-order valence-corrected chi connectivity index (χ2v) is 7.63. The first-order valence-corrected chi connectivity index (χ1v) is 9.04. The number of nitrogens with zero attached hydrogens (tertiary/aromatic N) is 2. The number of sulfone groups is 1. The summed E-state index contributed by atoms with van der Waals surface area (Å²) in [7, 11) is -3.53. The fourth-order valence-corrected chi connectivity index (χ4v) is 3.18. The monoisotopic (exact) mass is 335 g/mol. The Morgan fingerprint density at radius 2 is 2.00 bits per heavy atom. The van der Waals surface area contributed by atoms with E-state index in [2.05, 4.69) is 14.9 Å². The van der Waals surface area contributed by atoms with Gasteiger partial charge in [-0.15, -0.1) is 0 Å². The molecule has 2 N–H and O–H groups in total. The number of nitrogens with one attached hydrogen (secondary N) is 1. The molecule has 0 bridgehead atoms. The molecule has 2 heterocycles. The number of phenolic OH excluding ortho intramolecular Hbond substituents is 1. The van der Waals surface area contributed by atoms with Crippen molar-refractivity contribution in [2.45, 2.75) is 24.7 Å². The number of rotatable bonds is 3. The van der Waals surface area contributed by atoms with Crippen molar-refractivity contribution >= 4 is 9.84 Å². The van der Waals surface area contributed by atoms with Crippen LogP contribution in [0.15, 0.2) is 34.2 Å².